The third kappa shape index (κ3) is 4.11. The SMILES string of the molecule is COCCN1C[C@H]2CN(Cc3cc(F)ccc3F)C(=O)N2[C@@H](CC(C)C)C1=O. The molecule has 28 heavy (non-hydrogen) atoms. The Morgan fingerprint density at radius 2 is 1.89 bits per heavy atom. The number of amides is 3. The number of urea groups is 1. The first kappa shape index (κ1) is 20.5. The van der Waals surface area contributed by atoms with Crippen molar-refractivity contribution in [3.05, 3.63) is 35.4 Å². The molecule has 3 rings (SSSR count). The lowest BCUT2D eigenvalue weighted by Crippen LogP contribution is -2.61. The molecule has 1 aromatic rings. The lowest BCUT2D eigenvalue weighted by Gasteiger charge is -2.42. The maximum atomic E-state index is 14.0. The molecule has 0 aromatic heterocycles. The first-order valence-corrected chi connectivity index (χ1v) is 9.60. The molecule has 2 saturated heterocycles. The second kappa shape index (κ2) is 8.43. The van der Waals surface area contributed by atoms with Crippen LogP contribution >= 0.6 is 0 Å². The summed E-state index contributed by atoms with van der Waals surface area (Å²) in [5.74, 6) is -0.927. The molecule has 2 fully saturated rings. The summed E-state index contributed by atoms with van der Waals surface area (Å²) in [6, 6.07) is 2.24. The third-order valence-corrected chi connectivity index (χ3v) is 5.31. The van der Waals surface area contributed by atoms with E-state index >= 15 is 0 Å². The largest absolute Gasteiger partial charge is 0.383 e. The van der Waals surface area contributed by atoms with Gasteiger partial charge < -0.3 is 19.4 Å². The van der Waals surface area contributed by atoms with Gasteiger partial charge in [0.1, 0.15) is 17.7 Å². The van der Waals surface area contributed by atoms with Crippen LogP contribution in [0.1, 0.15) is 25.8 Å². The standard InChI is InChI=1S/C20H27F2N3O3/c1-13(2)8-18-19(26)23(6-7-28-3)11-16-12-24(20(27)25(16)18)10-14-9-15(21)4-5-17(14)22/h4-5,9,13,16,18H,6-8,10-12H2,1-3H3/t16-,18-/m0/s1. The number of piperazine rings is 1. The number of hydrogen-bond acceptors (Lipinski definition) is 3. The van der Waals surface area contributed by atoms with Crippen LogP contribution < -0.4 is 0 Å². The normalized spacial score (nSPS) is 22.4. The maximum Gasteiger partial charge on any atom is 0.321 e. The molecule has 2 atom stereocenters. The van der Waals surface area contributed by atoms with Gasteiger partial charge in [0, 0.05) is 32.3 Å². The minimum absolute atomic E-state index is 0.0178. The van der Waals surface area contributed by atoms with Crippen LogP contribution in [0.4, 0.5) is 13.6 Å². The monoisotopic (exact) mass is 395 g/mol. The molecule has 2 aliphatic rings. The number of methoxy groups -OCH3 is 1. The Hall–Kier alpha value is -2.22. The Bertz CT molecular complexity index is 743. The van der Waals surface area contributed by atoms with Crippen molar-refractivity contribution in [1.29, 1.82) is 0 Å². The van der Waals surface area contributed by atoms with E-state index in [9.17, 15) is 18.4 Å². The molecule has 0 bridgehead atoms. The molecule has 6 nitrogen and oxygen atoms in total. The highest BCUT2D eigenvalue weighted by Gasteiger charge is 2.49. The van der Waals surface area contributed by atoms with Crippen LogP contribution in [-0.4, -0.2) is 72.1 Å². The Morgan fingerprint density at radius 3 is 2.57 bits per heavy atom. The summed E-state index contributed by atoms with van der Waals surface area (Å²) in [7, 11) is 1.58. The predicted octanol–water partition coefficient (Wildman–Crippen LogP) is 2.47. The Balaban J connectivity index is 1.82. The summed E-state index contributed by atoms with van der Waals surface area (Å²) in [4.78, 5) is 30.9. The minimum Gasteiger partial charge on any atom is -0.383 e. The summed E-state index contributed by atoms with van der Waals surface area (Å²) in [5, 5.41) is 0. The van der Waals surface area contributed by atoms with Crippen LogP contribution in [0.2, 0.25) is 0 Å². The number of halogens is 2. The van der Waals surface area contributed by atoms with Gasteiger partial charge in [-0.05, 0) is 30.5 Å². The zero-order chi connectivity index (χ0) is 20.4. The van der Waals surface area contributed by atoms with Gasteiger partial charge in [-0.2, -0.15) is 0 Å². The molecule has 2 aliphatic heterocycles. The number of fused-ring (bicyclic) bond motifs is 1. The van der Waals surface area contributed by atoms with Crippen LogP contribution in [0.3, 0.4) is 0 Å². The quantitative estimate of drug-likeness (QED) is 0.713. The first-order chi connectivity index (χ1) is 13.3. The number of hydrogen-bond donors (Lipinski definition) is 0. The van der Waals surface area contributed by atoms with E-state index in [4.69, 9.17) is 4.74 Å². The second-order valence-electron chi connectivity index (χ2n) is 7.88. The highest BCUT2D eigenvalue weighted by Crippen LogP contribution is 2.30. The molecule has 0 unspecified atom stereocenters. The van der Waals surface area contributed by atoms with E-state index in [-0.39, 0.29) is 36.0 Å². The molecule has 3 amide bonds. The molecule has 0 aliphatic carbocycles. The molecule has 0 N–H and O–H groups in total. The fourth-order valence-electron chi connectivity index (χ4n) is 4.01. The van der Waals surface area contributed by atoms with Crippen molar-refractivity contribution in [2.24, 2.45) is 5.92 Å². The average Bonchev–Trinajstić information content (AvgIpc) is 2.94. The predicted molar refractivity (Wildman–Crippen MR) is 99.5 cm³/mol. The van der Waals surface area contributed by atoms with Crippen molar-refractivity contribution in [2.75, 3.05) is 33.4 Å². The van der Waals surface area contributed by atoms with Crippen LogP contribution in [0.5, 0.6) is 0 Å². The average molecular weight is 395 g/mol. The zero-order valence-corrected chi connectivity index (χ0v) is 16.5. The number of ether oxygens (including phenoxy) is 1. The van der Waals surface area contributed by atoms with Crippen molar-refractivity contribution in [3.8, 4) is 0 Å². The molecular weight excluding hydrogens is 368 g/mol. The van der Waals surface area contributed by atoms with Gasteiger partial charge in [0.05, 0.1) is 19.2 Å². The van der Waals surface area contributed by atoms with Gasteiger partial charge in [-0.3, -0.25) is 4.79 Å². The number of nitrogens with zero attached hydrogens (tertiary/aromatic N) is 3. The molecule has 2 heterocycles. The van der Waals surface area contributed by atoms with Gasteiger partial charge in [-0.15, -0.1) is 0 Å². The second-order valence-corrected chi connectivity index (χ2v) is 7.88. The van der Waals surface area contributed by atoms with Crippen molar-refractivity contribution in [2.45, 2.75) is 38.9 Å². The smallest absolute Gasteiger partial charge is 0.321 e. The van der Waals surface area contributed by atoms with E-state index in [1.54, 1.807) is 16.9 Å². The maximum absolute atomic E-state index is 14.0. The van der Waals surface area contributed by atoms with Gasteiger partial charge in [0.15, 0.2) is 0 Å². The summed E-state index contributed by atoms with van der Waals surface area (Å²) >= 11 is 0. The molecule has 154 valence electrons. The fourth-order valence-corrected chi connectivity index (χ4v) is 4.01. The molecule has 0 radical (unpaired) electrons. The number of rotatable bonds is 7. The van der Waals surface area contributed by atoms with Gasteiger partial charge in [0.2, 0.25) is 5.91 Å². The Labute approximate surface area is 164 Å². The topological polar surface area (TPSA) is 53.1 Å². The van der Waals surface area contributed by atoms with Crippen molar-refractivity contribution < 1.29 is 23.1 Å². The molecule has 0 saturated carbocycles. The number of benzene rings is 1. The van der Waals surface area contributed by atoms with E-state index in [0.29, 0.717) is 32.7 Å². The van der Waals surface area contributed by atoms with E-state index < -0.39 is 17.7 Å². The molecule has 8 heteroatoms. The number of carbonyl (C=O) groups excluding carboxylic acids is 2. The van der Waals surface area contributed by atoms with Gasteiger partial charge in [-0.25, -0.2) is 13.6 Å². The van der Waals surface area contributed by atoms with Crippen LogP contribution in [0, 0.1) is 17.6 Å². The van der Waals surface area contributed by atoms with Crippen molar-refractivity contribution in [1.82, 2.24) is 14.7 Å². The van der Waals surface area contributed by atoms with Gasteiger partial charge >= 0.3 is 6.03 Å². The van der Waals surface area contributed by atoms with E-state index in [1.807, 2.05) is 13.8 Å². The highest BCUT2D eigenvalue weighted by atomic mass is 19.1. The summed E-state index contributed by atoms with van der Waals surface area (Å²) in [6.07, 6.45) is 0.562. The van der Waals surface area contributed by atoms with E-state index in [2.05, 4.69) is 0 Å². The fraction of sp³-hybridized carbons (Fsp3) is 0.600. The van der Waals surface area contributed by atoms with Crippen LogP contribution in [0.15, 0.2) is 18.2 Å². The molecule has 1 aromatic carbocycles. The molecular formula is C20H27F2N3O3. The van der Waals surface area contributed by atoms with Crippen molar-refractivity contribution >= 4 is 11.9 Å². The van der Waals surface area contributed by atoms with Gasteiger partial charge in [-0.1, -0.05) is 13.8 Å². The lowest BCUT2D eigenvalue weighted by atomic mass is 9.97. The third-order valence-electron chi connectivity index (χ3n) is 5.31. The Kier molecular flexibility index (Phi) is 6.17. The van der Waals surface area contributed by atoms with Gasteiger partial charge in [0.25, 0.3) is 0 Å². The van der Waals surface area contributed by atoms with Crippen LogP contribution in [0.25, 0.3) is 0 Å². The van der Waals surface area contributed by atoms with Crippen molar-refractivity contribution in [3.63, 3.8) is 0 Å². The summed E-state index contributed by atoms with van der Waals surface area (Å²) in [6.45, 7) is 5.70. The number of carbonyl (C=O) groups is 2. The minimum atomic E-state index is -0.546. The Morgan fingerprint density at radius 1 is 1.18 bits per heavy atom. The lowest BCUT2D eigenvalue weighted by molar-refractivity contribution is -0.143. The zero-order valence-electron chi connectivity index (χ0n) is 16.5. The highest BCUT2D eigenvalue weighted by molar-refractivity contribution is 5.90. The summed E-state index contributed by atoms with van der Waals surface area (Å²) < 4.78 is 32.6. The summed E-state index contributed by atoms with van der Waals surface area (Å²) in [5.41, 5.74) is 0.135. The van der Waals surface area contributed by atoms with E-state index in [1.165, 1.54) is 4.90 Å². The first-order valence-electron chi connectivity index (χ1n) is 9.60. The van der Waals surface area contributed by atoms with E-state index in [0.717, 1.165) is 18.2 Å². The van der Waals surface area contributed by atoms with Crippen LogP contribution in [-0.2, 0) is 16.1 Å². The molecule has 0 spiro atoms.